The molecule has 0 amide bonds. The number of hydrogen-bond acceptors (Lipinski definition) is 6. The minimum Gasteiger partial charge on any atom is -0.383 e. The summed E-state index contributed by atoms with van der Waals surface area (Å²) in [6, 6.07) is 0. The Hall–Kier alpha value is -0.690. The second kappa shape index (κ2) is 10.1. The van der Waals surface area contributed by atoms with Gasteiger partial charge in [-0.15, -0.1) is 11.3 Å². The highest BCUT2D eigenvalue weighted by Gasteiger charge is 2.16. The van der Waals surface area contributed by atoms with Crippen LogP contribution in [0.15, 0.2) is 0 Å². The summed E-state index contributed by atoms with van der Waals surface area (Å²) in [5.74, 6) is 0.439. The number of aromatic nitrogens is 1. The fourth-order valence-corrected chi connectivity index (χ4v) is 3.08. The highest BCUT2D eigenvalue weighted by Crippen LogP contribution is 2.30. The molecule has 0 saturated carbocycles. The number of anilines is 1. The summed E-state index contributed by atoms with van der Waals surface area (Å²) < 4.78 is 10.5. The highest BCUT2D eigenvalue weighted by atomic mass is 32.1. The number of methoxy groups -OCH3 is 1. The minimum absolute atomic E-state index is 0.439. The zero-order valence-electron chi connectivity index (χ0n) is 13.9. The lowest BCUT2D eigenvalue weighted by Gasteiger charge is -2.15. The molecule has 21 heavy (non-hydrogen) atoms. The molecule has 0 radical (unpaired) electrons. The molecule has 0 aliphatic heterocycles. The van der Waals surface area contributed by atoms with Crippen molar-refractivity contribution in [2.45, 2.75) is 33.2 Å². The molecule has 0 aromatic carbocycles. The molecule has 1 N–H and O–H groups in total. The number of ether oxygens (including phenoxy) is 2. The average molecular weight is 315 g/mol. The van der Waals surface area contributed by atoms with Gasteiger partial charge in [-0.1, -0.05) is 13.8 Å². The predicted octanol–water partition coefficient (Wildman–Crippen LogP) is 2.48. The number of nitrogens with one attached hydrogen (secondary N) is 1. The Bertz CT molecular complexity index is 396. The Labute approximate surface area is 132 Å². The second-order valence-corrected chi connectivity index (χ2v) is 6.31. The van der Waals surface area contributed by atoms with E-state index in [0.29, 0.717) is 5.92 Å². The van der Waals surface area contributed by atoms with Crippen LogP contribution in [0, 0.1) is 0 Å². The number of thiazole rings is 1. The van der Waals surface area contributed by atoms with Crippen LogP contribution < -0.4 is 10.2 Å². The molecule has 1 rings (SSSR count). The smallest absolute Gasteiger partial charge is 0.185 e. The average Bonchev–Trinajstić information content (AvgIpc) is 2.88. The molecule has 6 heteroatoms. The van der Waals surface area contributed by atoms with Crippen molar-refractivity contribution in [3.63, 3.8) is 0 Å². The molecule has 0 atom stereocenters. The van der Waals surface area contributed by atoms with E-state index in [0.717, 1.165) is 44.6 Å². The zero-order valence-corrected chi connectivity index (χ0v) is 14.8. The van der Waals surface area contributed by atoms with Gasteiger partial charge in [-0.05, 0) is 12.8 Å². The molecule has 0 unspecified atom stereocenters. The van der Waals surface area contributed by atoms with Crippen molar-refractivity contribution >= 4 is 16.5 Å². The van der Waals surface area contributed by atoms with Crippen molar-refractivity contribution in [1.29, 1.82) is 0 Å². The third kappa shape index (κ3) is 6.30. The largest absolute Gasteiger partial charge is 0.383 e. The molecule has 5 nitrogen and oxygen atoms in total. The third-order valence-corrected chi connectivity index (χ3v) is 4.32. The van der Waals surface area contributed by atoms with E-state index < -0.39 is 0 Å². The molecular formula is C15H29N3O2S. The van der Waals surface area contributed by atoms with Gasteiger partial charge in [-0.25, -0.2) is 4.98 Å². The van der Waals surface area contributed by atoms with Gasteiger partial charge in [-0.2, -0.15) is 0 Å². The minimum atomic E-state index is 0.439. The molecule has 1 aromatic heterocycles. The van der Waals surface area contributed by atoms with Crippen LogP contribution in [0.4, 0.5) is 5.13 Å². The zero-order chi connectivity index (χ0) is 15.7. The first kappa shape index (κ1) is 18.4. The third-order valence-electron chi connectivity index (χ3n) is 3.13. The van der Waals surface area contributed by atoms with Gasteiger partial charge in [0.1, 0.15) is 0 Å². The topological polar surface area (TPSA) is 46.6 Å². The van der Waals surface area contributed by atoms with Crippen LogP contribution >= 0.6 is 11.3 Å². The molecule has 0 bridgehead atoms. The number of nitrogens with zero attached hydrogens (tertiary/aromatic N) is 2. The fourth-order valence-electron chi connectivity index (χ4n) is 1.91. The van der Waals surface area contributed by atoms with Gasteiger partial charge in [0.15, 0.2) is 5.13 Å². The summed E-state index contributed by atoms with van der Waals surface area (Å²) in [7, 11) is 3.80. The lowest BCUT2D eigenvalue weighted by molar-refractivity contribution is 0.154. The number of hydrogen-bond donors (Lipinski definition) is 1. The van der Waals surface area contributed by atoms with E-state index in [9.17, 15) is 0 Å². The van der Waals surface area contributed by atoms with E-state index in [1.165, 1.54) is 10.6 Å². The van der Waals surface area contributed by atoms with E-state index in [2.05, 4.69) is 31.1 Å². The van der Waals surface area contributed by atoms with E-state index in [1.54, 1.807) is 18.4 Å². The van der Waals surface area contributed by atoms with Crippen LogP contribution in [0.25, 0.3) is 0 Å². The van der Waals surface area contributed by atoms with Gasteiger partial charge in [0.2, 0.25) is 0 Å². The van der Waals surface area contributed by atoms with Crippen molar-refractivity contribution in [2.24, 2.45) is 0 Å². The first-order valence-corrected chi connectivity index (χ1v) is 8.39. The summed E-state index contributed by atoms with van der Waals surface area (Å²) in [5.41, 5.74) is 1.20. The molecule has 0 aliphatic carbocycles. The quantitative estimate of drug-likeness (QED) is 0.636. The maximum Gasteiger partial charge on any atom is 0.185 e. The van der Waals surface area contributed by atoms with Gasteiger partial charge < -0.3 is 19.7 Å². The molecule has 1 aromatic rings. The van der Waals surface area contributed by atoms with Crippen LogP contribution in [0.2, 0.25) is 0 Å². The molecule has 1 heterocycles. The summed E-state index contributed by atoms with van der Waals surface area (Å²) in [6.45, 7) is 11.2. The maximum absolute atomic E-state index is 5.41. The fraction of sp³-hybridized carbons (Fsp3) is 0.800. The normalized spacial score (nSPS) is 11.3. The Morgan fingerprint density at radius 1 is 1.33 bits per heavy atom. The summed E-state index contributed by atoms with van der Waals surface area (Å²) in [6.07, 6.45) is 0. The first-order valence-electron chi connectivity index (χ1n) is 7.58. The monoisotopic (exact) mass is 315 g/mol. The van der Waals surface area contributed by atoms with Crippen molar-refractivity contribution in [3.05, 3.63) is 10.6 Å². The van der Waals surface area contributed by atoms with Crippen molar-refractivity contribution in [1.82, 2.24) is 10.3 Å². The highest BCUT2D eigenvalue weighted by molar-refractivity contribution is 7.15. The second-order valence-electron chi connectivity index (χ2n) is 5.25. The summed E-state index contributed by atoms with van der Waals surface area (Å²) >= 11 is 1.77. The van der Waals surface area contributed by atoms with Gasteiger partial charge in [0, 0.05) is 45.3 Å². The van der Waals surface area contributed by atoms with Crippen LogP contribution in [0.1, 0.15) is 37.3 Å². The first-order chi connectivity index (χ1) is 10.1. The summed E-state index contributed by atoms with van der Waals surface area (Å²) in [4.78, 5) is 8.30. The van der Waals surface area contributed by atoms with E-state index in [4.69, 9.17) is 14.5 Å². The number of likely N-dealkylation sites (N-methyl/N-ethyl adjacent to an activating group) is 1. The molecule has 122 valence electrons. The Morgan fingerprint density at radius 2 is 2.10 bits per heavy atom. The Balaban J connectivity index is 2.64. The summed E-state index contributed by atoms with van der Waals surface area (Å²) in [5, 5.41) is 4.48. The van der Waals surface area contributed by atoms with Crippen molar-refractivity contribution in [3.8, 4) is 0 Å². The predicted molar refractivity (Wildman–Crippen MR) is 89.5 cm³/mol. The molecule has 0 saturated heterocycles. The Morgan fingerprint density at radius 3 is 2.71 bits per heavy atom. The molecular weight excluding hydrogens is 286 g/mol. The van der Waals surface area contributed by atoms with Crippen molar-refractivity contribution < 1.29 is 9.47 Å². The van der Waals surface area contributed by atoms with Crippen LogP contribution in [-0.4, -0.2) is 52.1 Å². The SMILES string of the molecule is CCOCCN(C)c1nc(C(C)C)c(CNCCOC)s1. The van der Waals surface area contributed by atoms with Crippen LogP contribution in [0.5, 0.6) is 0 Å². The van der Waals surface area contributed by atoms with Crippen LogP contribution in [0.3, 0.4) is 0 Å². The molecule has 0 aliphatic rings. The van der Waals surface area contributed by atoms with Gasteiger partial charge in [0.25, 0.3) is 0 Å². The lowest BCUT2D eigenvalue weighted by Crippen LogP contribution is -2.22. The van der Waals surface area contributed by atoms with Crippen molar-refractivity contribution in [2.75, 3.05) is 52.0 Å². The van der Waals surface area contributed by atoms with Crippen LogP contribution in [-0.2, 0) is 16.0 Å². The van der Waals surface area contributed by atoms with Gasteiger partial charge >= 0.3 is 0 Å². The standard InChI is InChI=1S/C15H29N3O2S/c1-6-20-10-8-18(4)15-17-14(12(2)3)13(21-15)11-16-7-9-19-5/h12,16H,6-11H2,1-5H3. The number of rotatable bonds is 11. The van der Waals surface area contributed by atoms with E-state index in [-0.39, 0.29) is 0 Å². The Kier molecular flexibility index (Phi) is 8.84. The van der Waals surface area contributed by atoms with Gasteiger partial charge in [0.05, 0.1) is 18.9 Å². The molecule has 0 spiro atoms. The van der Waals surface area contributed by atoms with E-state index >= 15 is 0 Å². The van der Waals surface area contributed by atoms with E-state index in [1.807, 2.05) is 6.92 Å². The lowest BCUT2D eigenvalue weighted by atomic mass is 10.1. The molecule has 0 fully saturated rings. The van der Waals surface area contributed by atoms with Gasteiger partial charge in [-0.3, -0.25) is 0 Å². The maximum atomic E-state index is 5.41.